The average Bonchev–Trinajstić information content (AvgIpc) is 2.43. The molecule has 1 heteroatoms. The molecular formula is C13H24O. The van der Waals surface area contributed by atoms with Crippen LogP contribution >= 0.6 is 0 Å². The molecular weight excluding hydrogens is 172 g/mol. The van der Waals surface area contributed by atoms with Crippen molar-refractivity contribution in [3.63, 3.8) is 0 Å². The SMILES string of the molecule is CC1(C)CCC2CC(CCO)CCC21. The molecule has 2 fully saturated rings. The van der Waals surface area contributed by atoms with Crippen LogP contribution in [0.25, 0.3) is 0 Å². The molecule has 2 saturated carbocycles. The Kier molecular flexibility index (Phi) is 2.88. The summed E-state index contributed by atoms with van der Waals surface area (Å²) >= 11 is 0. The fourth-order valence-corrected chi connectivity index (χ4v) is 3.90. The molecule has 1 nitrogen and oxygen atoms in total. The second kappa shape index (κ2) is 3.84. The van der Waals surface area contributed by atoms with E-state index in [-0.39, 0.29) is 0 Å². The second-order valence-electron chi connectivity index (χ2n) is 6.09. The largest absolute Gasteiger partial charge is 0.396 e. The zero-order chi connectivity index (χ0) is 10.2. The molecule has 0 aromatic rings. The molecule has 0 heterocycles. The van der Waals surface area contributed by atoms with Gasteiger partial charge in [-0.15, -0.1) is 0 Å². The highest BCUT2D eigenvalue weighted by molar-refractivity contribution is 4.94. The maximum Gasteiger partial charge on any atom is 0.0433 e. The number of rotatable bonds is 2. The molecule has 14 heavy (non-hydrogen) atoms. The number of hydrogen-bond acceptors (Lipinski definition) is 1. The van der Waals surface area contributed by atoms with Gasteiger partial charge in [0.2, 0.25) is 0 Å². The molecule has 0 amide bonds. The summed E-state index contributed by atoms with van der Waals surface area (Å²) in [5.41, 5.74) is 0.606. The highest BCUT2D eigenvalue weighted by Crippen LogP contribution is 2.54. The predicted octanol–water partition coefficient (Wildman–Crippen LogP) is 3.22. The number of fused-ring (bicyclic) bond motifs is 1. The minimum Gasteiger partial charge on any atom is -0.396 e. The Labute approximate surface area is 87.9 Å². The minimum absolute atomic E-state index is 0.394. The molecule has 0 spiro atoms. The highest BCUT2D eigenvalue weighted by Gasteiger charge is 2.44. The van der Waals surface area contributed by atoms with Crippen LogP contribution in [-0.4, -0.2) is 11.7 Å². The van der Waals surface area contributed by atoms with Gasteiger partial charge in [-0.3, -0.25) is 0 Å². The van der Waals surface area contributed by atoms with Crippen molar-refractivity contribution in [1.29, 1.82) is 0 Å². The minimum atomic E-state index is 0.394. The quantitative estimate of drug-likeness (QED) is 0.719. The summed E-state index contributed by atoms with van der Waals surface area (Å²) in [5, 5.41) is 8.96. The monoisotopic (exact) mass is 196 g/mol. The van der Waals surface area contributed by atoms with Crippen LogP contribution in [0, 0.1) is 23.2 Å². The van der Waals surface area contributed by atoms with Crippen molar-refractivity contribution < 1.29 is 5.11 Å². The fraction of sp³-hybridized carbons (Fsp3) is 1.00. The van der Waals surface area contributed by atoms with Crippen molar-refractivity contribution in [2.45, 2.75) is 52.4 Å². The molecule has 3 atom stereocenters. The standard InChI is InChI=1S/C13H24O/c1-13(2)7-5-11-9-10(6-8-14)3-4-12(11)13/h10-12,14H,3-9H2,1-2H3. The molecule has 3 unspecified atom stereocenters. The Morgan fingerprint density at radius 3 is 2.71 bits per heavy atom. The van der Waals surface area contributed by atoms with Gasteiger partial charge in [0.1, 0.15) is 0 Å². The van der Waals surface area contributed by atoms with Gasteiger partial charge in [0, 0.05) is 6.61 Å². The van der Waals surface area contributed by atoms with Crippen molar-refractivity contribution in [1.82, 2.24) is 0 Å². The lowest BCUT2D eigenvalue weighted by Crippen LogP contribution is -2.28. The van der Waals surface area contributed by atoms with Gasteiger partial charge in [-0.2, -0.15) is 0 Å². The van der Waals surface area contributed by atoms with Crippen molar-refractivity contribution in [3.8, 4) is 0 Å². The van der Waals surface area contributed by atoms with Gasteiger partial charge >= 0.3 is 0 Å². The van der Waals surface area contributed by atoms with Gasteiger partial charge in [0.05, 0.1) is 0 Å². The van der Waals surface area contributed by atoms with Crippen molar-refractivity contribution in [2.75, 3.05) is 6.61 Å². The summed E-state index contributed by atoms with van der Waals surface area (Å²) in [4.78, 5) is 0. The van der Waals surface area contributed by atoms with E-state index >= 15 is 0 Å². The highest BCUT2D eigenvalue weighted by atomic mass is 16.3. The Hall–Kier alpha value is -0.0400. The van der Waals surface area contributed by atoms with Crippen molar-refractivity contribution in [3.05, 3.63) is 0 Å². The molecule has 0 aromatic carbocycles. The summed E-state index contributed by atoms with van der Waals surface area (Å²) in [5.74, 6) is 2.79. The van der Waals surface area contributed by atoms with Gasteiger partial charge in [-0.25, -0.2) is 0 Å². The van der Waals surface area contributed by atoms with Gasteiger partial charge in [0.15, 0.2) is 0 Å². The third kappa shape index (κ3) is 1.84. The third-order valence-electron chi connectivity index (χ3n) is 4.79. The predicted molar refractivity (Wildman–Crippen MR) is 59.0 cm³/mol. The molecule has 0 aliphatic heterocycles. The number of hydrogen-bond donors (Lipinski definition) is 1. The van der Waals surface area contributed by atoms with Crippen LogP contribution in [0.1, 0.15) is 52.4 Å². The molecule has 0 bridgehead atoms. The van der Waals surface area contributed by atoms with Crippen LogP contribution in [0.2, 0.25) is 0 Å². The number of aliphatic hydroxyl groups excluding tert-OH is 1. The van der Waals surface area contributed by atoms with Gasteiger partial charge in [0.25, 0.3) is 0 Å². The van der Waals surface area contributed by atoms with Crippen LogP contribution in [-0.2, 0) is 0 Å². The molecule has 0 saturated heterocycles. The third-order valence-corrected chi connectivity index (χ3v) is 4.79. The first-order valence-electron chi connectivity index (χ1n) is 6.24. The summed E-state index contributed by atoms with van der Waals surface area (Å²) in [6.07, 6.45) is 8.10. The van der Waals surface area contributed by atoms with Crippen molar-refractivity contribution >= 4 is 0 Å². The maximum atomic E-state index is 8.96. The topological polar surface area (TPSA) is 20.2 Å². The second-order valence-corrected chi connectivity index (χ2v) is 6.09. The van der Waals surface area contributed by atoms with Crippen molar-refractivity contribution in [2.24, 2.45) is 23.2 Å². The Bertz CT molecular complexity index is 197. The molecule has 0 aromatic heterocycles. The van der Waals surface area contributed by atoms with Crippen LogP contribution in [0.15, 0.2) is 0 Å². The van der Waals surface area contributed by atoms with E-state index in [0.29, 0.717) is 12.0 Å². The summed E-state index contributed by atoms with van der Waals surface area (Å²) in [6, 6.07) is 0. The zero-order valence-corrected chi connectivity index (χ0v) is 9.63. The van der Waals surface area contributed by atoms with E-state index in [1.165, 1.54) is 32.1 Å². The summed E-state index contributed by atoms with van der Waals surface area (Å²) in [7, 11) is 0. The van der Waals surface area contributed by atoms with E-state index in [0.717, 1.165) is 24.2 Å². The van der Waals surface area contributed by atoms with Gasteiger partial charge in [-0.05, 0) is 55.3 Å². The first-order valence-corrected chi connectivity index (χ1v) is 6.24. The van der Waals surface area contributed by atoms with E-state index < -0.39 is 0 Å². The van der Waals surface area contributed by atoms with Crippen LogP contribution in [0.4, 0.5) is 0 Å². The van der Waals surface area contributed by atoms with Gasteiger partial charge in [-0.1, -0.05) is 20.3 Å². The van der Waals surface area contributed by atoms with Gasteiger partial charge < -0.3 is 5.11 Å². The van der Waals surface area contributed by atoms with E-state index in [9.17, 15) is 0 Å². The van der Waals surface area contributed by atoms with Crippen LogP contribution in [0.5, 0.6) is 0 Å². The summed E-state index contributed by atoms with van der Waals surface area (Å²) < 4.78 is 0. The molecule has 0 radical (unpaired) electrons. The molecule has 2 aliphatic rings. The first-order chi connectivity index (χ1) is 6.63. The molecule has 2 aliphatic carbocycles. The average molecular weight is 196 g/mol. The fourth-order valence-electron chi connectivity index (χ4n) is 3.90. The Balaban J connectivity index is 1.94. The van der Waals surface area contributed by atoms with E-state index in [2.05, 4.69) is 13.8 Å². The summed E-state index contributed by atoms with van der Waals surface area (Å²) in [6.45, 7) is 5.29. The molecule has 82 valence electrons. The molecule has 1 N–H and O–H groups in total. The van der Waals surface area contributed by atoms with E-state index in [1.807, 2.05) is 0 Å². The lowest BCUT2D eigenvalue weighted by atomic mass is 9.68. The normalized spacial score (nSPS) is 40.9. The Morgan fingerprint density at radius 1 is 1.21 bits per heavy atom. The first kappa shape index (κ1) is 10.5. The lowest BCUT2D eigenvalue weighted by Gasteiger charge is -2.37. The van der Waals surface area contributed by atoms with E-state index in [4.69, 9.17) is 5.11 Å². The van der Waals surface area contributed by atoms with Crippen LogP contribution < -0.4 is 0 Å². The van der Waals surface area contributed by atoms with Crippen LogP contribution in [0.3, 0.4) is 0 Å². The molecule has 2 rings (SSSR count). The van der Waals surface area contributed by atoms with E-state index in [1.54, 1.807) is 0 Å². The Morgan fingerprint density at radius 2 is 2.00 bits per heavy atom. The zero-order valence-electron chi connectivity index (χ0n) is 9.63. The smallest absolute Gasteiger partial charge is 0.0433 e. The lowest BCUT2D eigenvalue weighted by molar-refractivity contribution is 0.116. The number of aliphatic hydroxyl groups is 1. The maximum absolute atomic E-state index is 8.96.